The van der Waals surface area contributed by atoms with Gasteiger partial charge in [0, 0.05) is 18.3 Å². The maximum atomic E-state index is 12.4. The molecule has 4 heteroatoms. The molecule has 0 fully saturated rings. The van der Waals surface area contributed by atoms with Crippen molar-refractivity contribution in [3.8, 4) is 0 Å². The average Bonchev–Trinajstić information content (AvgIpc) is 2.84. The summed E-state index contributed by atoms with van der Waals surface area (Å²) >= 11 is 0. The summed E-state index contributed by atoms with van der Waals surface area (Å²) in [6.07, 6.45) is 1.75. The van der Waals surface area contributed by atoms with Crippen molar-refractivity contribution in [2.24, 2.45) is 7.05 Å². The Hall–Kier alpha value is -2.62. The first kappa shape index (κ1) is 13.4. The molecule has 1 aromatic heterocycles. The monoisotopic (exact) mass is 279 g/mol. The number of amides is 1. The van der Waals surface area contributed by atoms with Gasteiger partial charge in [0.25, 0.3) is 5.91 Å². The standard InChI is InChI=1S/C17H17N3O/c1-11-4-5-12(2)15(8-11)19-17(21)13-6-7-14-16(9-13)20(3)10-18-14/h4-10H,1-3H3,(H,19,21). The number of nitrogens with zero attached hydrogens (tertiary/aromatic N) is 2. The van der Waals surface area contributed by atoms with Gasteiger partial charge in [0.15, 0.2) is 0 Å². The Morgan fingerprint density at radius 2 is 1.95 bits per heavy atom. The van der Waals surface area contributed by atoms with E-state index in [1.165, 1.54) is 0 Å². The molecule has 0 spiro atoms. The molecule has 0 atom stereocenters. The van der Waals surface area contributed by atoms with E-state index < -0.39 is 0 Å². The van der Waals surface area contributed by atoms with E-state index >= 15 is 0 Å². The lowest BCUT2D eigenvalue weighted by atomic mass is 10.1. The van der Waals surface area contributed by atoms with Crippen LogP contribution in [0.2, 0.25) is 0 Å². The number of anilines is 1. The van der Waals surface area contributed by atoms with Crippen molar-refractivity contribution in [2.75, 3.05) is 5.32 Å². The van der Waals surface area contributed by atoms with Crippen LogP contribution in [0.3, 0.4) is 0 Å². The summed E-state index contributed by atoms with van der Waals surface area (Å²) in [5.74, 6) is -0.105. The zero-order chi connectivity index (χ0) is 15.0. The Kier molecular flexibility index (Phi) is 3.22. The quantitative estimate of drug-likeness (QED) is 0.781. The molecule has 0 aliphatic heterocycles. The van der Waals surface area contributed by atoms with Gasteiger partial charge in [-0.15, -0.1) is 0 Å². The third-order valence-electron chi connectivity index (χ3n) is 3.63. The molecular formula is C17H17N3O. The summed E-state index contributed by atoms with van der Waals surface area (Å²) in [6, 6.07) is 11.6. The van der Waals surface area contributed by atoms with Crippen LogP contribution >= 0.6 is 0 Å². The van der Waals surface area contributed by atoms with Crippen LogP contribution in [-0.2, 0) is 7.05 Å². The number of hydrogen-bond acceptors (Lipinski definition) is 2. The number of imidazole rings is 1. The maximum Gasteiger partial charge on any atom is 0.255 e. The highest BCUT2D eigenvalue weighted by molar-refractivity contribution is 6.06. The molecule has 1 heterocycles. The number of benzene rings is 2. The first-order chi connectivity index (χ1) is 10.0. The number of hydrogen-bond donors (Lipinski definition) is 1. The van der Waals surface area contributed by atoms with Crippen LogP contribution in [0.15, 0.2) is 42.7 Å². The van der Waals surface area contributed by atoms with Crippen molar-refractivity contribution in [3.05, 3.63) is 59.4 Å². The van der Waals surface area contributed by atoms with Gasteiger partial charge in [-0.25, -0.2) is 4.98 Å². The van der Waals surface area contributed by atoms with Crippen LogP contribution in [-0.4, -0.2) is 15.5 Å². The van der Waals surface area contributed by atoms with Crippen LogP contribution in [0.1, 0.15) is 21.5 Å². The predicted molar refractivity (Wildman–Crippen MR) is 84.6 cm³/mol. The minimum atomic E-state index is -0.105. The molecule has 1 N–H and O–H groups in total. The van der Waals surface area contributed by atoms with Crippen molar-refractivity contribution in [1.29, 1.82) is 0 Å². The smallest absolute Gasteiger partial charge is 0.255 e. The number of rotatable bonds is 2. The van der Waals surface area contributed by atoms with Crippen molar-refractivity contribution >= 4 is 22.6 Å². The number of aryl methyl sites for hydroxylation is 3. The molecule has 0 radical (unpaired) electrons. The average molecular weight is 279 g/mol. The Bertz CT molecular complexity index is 833. The summed E-state index contributed by atoms with van der Waals surface area (Å²) in [5, 5.41) is 2.98. The van der Waals surface area contributed by atoms with Crippen molar-refractivity contribution in [3.63, 3.8) is 0 Å². The van der Waals surface area contributed by atoms with Crippen LogP contribution in [0.4, 0.5) is 5.69 Å². The number of nitrogens with one attached hydrogen (secondary N) is 1. The number of carbonyl (C=O) groups is 1. The minimum Gasteiger partial charge on any atom is -0.334 e. The number of fused-ring (bicyclic) bond motifs is 1. The molecule has 21 heavy (non-hydrogen) atoms. The van der Waals surface area contributed by atoms with E-state index in [0.717, 1.165) is 27.8 Å². The first-order valence-electron chi connectivity index (χ1n) is 6.84. The summed E-state index contributed by atoms with van der Waals surface area (Å²) in [7, 11) is 1.92. The Balaban J connectivity index is 1.93. The van der Waals surface area contributed by atoms with Gasteiger partial charge in [0.2, 0.25) is 0 Å². The van der Waals surface area contributed by atoms with Gasteiger partial charge in [-0.1, -0.05) is 12.1 Å². The molecule has 4 nitrogen and oxygen atoms in total. The topological polar surface area (TPSA) is 46.9 Å². The SMILES string of the molecule is Cc1ccc(C)c(NC(=O)c2ccc3ncn(C)c3c2)c1. The molecule has 106 valence electrons. The van der Waals surface area contributed by atoms with Crippen molar-refractivity contribution in [1.82, 2.24) is 9.55 Å². The van der Waals surface area contributed by atoms with Crippen LogP contribution in [0, 0.1) is 13.8 Å². The van der Waals surface area contributed by atoms with Gasteiger partial charge in [-0.3, -0.25) is 4.79 Å². The summed E-state index contributed by atoms with van der Waals surface area (Å²) in [5.41, 5.74) is 5.50. The summed E-state index contributed by atoms with van der Waals surface area (Å²) in [6.45, 7) is 4.00. The molecule has 0 unspecified atom stereocenters. The molecule has 0 aliphatic rings. The molecule has 0 saturated carbocycles. The molecule has 2 aromatic carbocycles. The van der Waals surface area contributed by atoms with E-state index in [4.69, 9.17) is 0 Å². The fourth-order valence-corrected chi connectivity index (χ4v) is 2.33. The fraction of sp³-hybridized carbons (Fsp3) is 0.176. The van der Waals surface area contributed by atoms with Crippen molar-refractivity contribution < 1.29 is 4.79 Å². The summed E-state index contributed by atoms with van der Waals surface area (Å²) in [4.78, 5) is 16.7. The van der Waals surface area contributed by atoms with E-state index in [1.54, 1.807) is 12.4 Å². The Morgan fingerprint density at radius 3 is 2.76 bits per heavy atom. The number of carbonyl (C=O) groups excluding carboxylic acids is 1. The summed E-state index contributed by atoms with van der Waals surface area (Å²) < 4.78 is 1.91. The van der Waals surface area contributed by atoms with Gasteiger partial charge >= 0.3 is 0 Å². The Morgan fingerprint density at radius 1 is 1.14 bits per heavy atom. The fourth-order valence-electron chi connectivity index (χ4n) is 2.33. The van der Waals surface area contributed by atoms with E-state index in [2.05, 4.69) is 10.3 Å². The highest BCUT2D eigenvalue weighted by Gasteiger charge is 2.10. The first-order valence-corrected chi connectivity index (χ1v) is 6.84. The Labute approximate surface area is 123 Å². The molecular weight excluding hydrogens is 262 g/mol. The van der Waals surface area contributed by atoms with Gasteiger partial charge in [0.1, 0.15) is 0 Å². The van der Waals surface area contributed by atoms with Gasteiger partial charge in [-0.2, -0.15) is 0 Å². The lowest BCUT2D eigenvalue weighted by Crippen LogP contribution is -2.13. The largest absolute Gasteiger partial charge is 0.334 e. The lowest BCUT2D eigenvalue weighted by molar-refractivity contribution is 0.102. The highest BCUT2D eigenvalue weighted by Crippen LogP contribution is 2.19. The van der Waals surface area contributed by atoms with E-state index in [1.807, 2.05) is 55.8 Å². The van der Waals surface area contributed by atoms with Crippen molar-refractivity contribution in [2.45, 2.75) is 13.8 Å². The normalized spacial score (nSPS) is 10.8. The molecule has 0 bridgehead atoms. The molecule has 1 amide bonds. The van der Waals surface area contributed by atoms with Crippen LogP contribution in [0.25, 0.3) is 11.0 Å². The third-order valence-corrected chi connectivity index (χ3v) is 3.63. The predicted octanol–water partition coefficient (Wildman–Crippen LogP) is 3.44. The number of aromatic nitrogens is 2. The second kappa shape index (κ2) is 5.05. The zero-order valence-corrected chi connectivity index (χ0v) is 12.3. The van der Waals surface area contributed by atoms with E-state index in [0.29, 0.717) is 5.56 Å². The third kappa shape index (κ3) is 2.52. The van der Waals surface area contributed by atoms with Crippen LogP contribution in [0.5, 0.6) is 0 Å². The van der Waals surface area contributed by atoms with Gasteiger partial charge in [0.05, 0.1) is 17.4 Å². The highest BCUT2D eigenvalue weighted by atomic mass is 16.1. The minimum absolute atomic E-state index is 0.105. The van der Waals surface area contributed by atoms with Crippen LogP contribution < -0.4 is 5.32 Å². The second-order valence-electron chi connectivity index (χ2n) is 5.33. The van der Waals surface area contributed by atoms with Gasteiger partial charge in [-0.05, 0) is 49.2 Å². The molecule has 3 aromatic rings. The molecule has 0 saturated heterocycles. The molecule has 0 aliphatic carbocycles. The van der Waals surface area contributed by atoms with E-state index in [9.17, 15) is 4.79 Å². The maximum absolute atomic E-state index is 12.4. The van der Waals surface area contributed by atoms with E-state index in [-0.39, 0.29) is 5.91 Å². The lowest BCUT2D eigenvalue weighted by Gasteiger charge is -2.09. The zero-order valence-electron chi connectivity index (χ0n) is 12.3. The molecule has 3 rings (SSSR count). The van der Waals surface area contributed by atoms with Gasteiger partial charge < -0.3 is 9.88 Å². The second-order valence-corrected chi connectivity index (χ2v) is 5.33.